The zero-order valence-electron chi connectivity index (χ0n) is 6.97. The summed E-state index contributed by atoms with van der Waals surface area (Å²) in [6, 6.07) is 1.30. The van der Waals surface area contributed by atoms with Crippen molar-refractivity contribution < 1.29 is 9.90 Å². The second-order valence-corrected chi connectivity index (χ2v) is 3.05. The fourth-order valence-corrected chi connectivity index (χ4v) is 1.21. The Morgan fingerprint density at radius 2 is 2.08 bits per heavy atom. The first-order chi connectivity index (χ1) is 5.95. The van der Waals surface area contributed by atoms with Crippen molar-refractivity contribution in [3.8, 4) is 0 Å². The molecular formula is C8H9ClN2O2. The van der Waals surface area contributed by atoms with Gasteiger partial charge in [-0.05, 0) is 18.6 Å². The van der Waals surface area contributed by atoms with Crippen LogP contribution in [0.5, 0.6) is 0 Å². The molecule has 0 bridgehead atoms. The fourth-order valence-electron chi connectivity index (χ4n) is 1.01. The molecule has 0 aliphatic rings. The first kappa shape index (κ1) is 9.67. The smallest absolute Gasteiger partial charge is 0.336 e. The Morgan fingerprint density at radius 3 is 2.54 bits per heavy atom. The van der Waals surface area contributed by atoms with Crippen molar-refractivity contribution in [2.24, 2.45) is 0 Å². The highest BCUT2D eigenvalue weighted by Gasteiger charge is 2.14. The van der Waals surface area contributed by atoms with Crippen molar-refractivity contribution in [3.63, 3.8) is 0 Å². The van der Waals surface area contributed by atoms with Crippen LogP contribution in [0.15, 0.2) is 6.07 Å². The van der Waals surface area contributed by atoms with E-state index in [2.05, 4.69) is 0 Å². The Kier molecular flexibility index (Phi) is 2.34. The lowest BCUT2D eigenvalue weighted by molar-refractivity contribution is 0.0696. The highest BCUT2D eigenvalue weighted by Crippen LogP contribution is 2.31. The van der Waals surface area contributed by atoms with E-state index in [0.717, 1.165) is 0 Å². The van der Waals surface area contributed by atoms with E-state index in [0.29, 0.717) is 5.56 Å². The quantitative estimate of drug-likeness (QED) is 0.600. The lowest BCUT2D eigenvalue weighted by atomic mass is 10.1. The van der Waals surface area contributed by atoms with Gasteiger partial charge in [-0.1, -0.05) is 11.6 Å². The summed E-state index contributed by atoms with van der Waals surface area (Å²) in [5, 5.41) is 8.96. The minimum atomic E-state index is -1.06. The molecule has 1 rings (SSSR count). The third-order valence-corrected chi connectivity index (χ3v) is 2.25. The van der Waals surface area contributed by atoms with E-state index in [-0.39, 0.29) is 22.0 Å². The number of nitrogens with two attached hydrogens (primary N) is 2. The van der Waals surface area contributed by atoms with E-state index in [1.165, 1.54) is 6.07 Å². The van der Waals surface area contributed by atoms with Gasteiger partial charge < -0.3 is 16.6 Å². The number of rotatable bonds is 1. The van der Waals surface area contributed by atoms with Gasteiger partial charge in [0.25, 0.3) is 0 Å². The van der Waals surface area contributed by atoms with Crippen LogP contribution >= 0.6 is 11.6 Å². The molecule has 0 saturated heterocycles. The molecule has 0 aliphatic heterocycles. The van der Waals surface area contributed by atoms with E-state index in [1.807, 2.05) is 0 Å². The van der Waals surface area contributed by atoms with Crippen molar-refractivity contribution >= 4 is 28.9 Å². The average Bonchev–Trinajstić information content (AvgIpc) is 2.07. The molecule has 0 spiro atoms. The molecule has 0 fully saturated rings. The molecule has 0 aromatic heterocycles. The van der Waals surface area contributed by atoms with Crippen LogP contribution in [0.2, 0.25) is 5.02 Å². The van der Waals surface area contributed by atoms with Crippen LogP contribution < -0.4 is 11.5 Å². The van der Waals surface area contributed by atoms with Gasteiger partial charge in [0.05, 0.1) is 22.0 Å². The summed E-state index contributed by atoms with van der Waals surface area (Å²) in [5.41, 5.74) is 11.9. The number of anilines is 2. The van der Waals surface area contributed by atoms with Crippen molar-refractivity contribution in [1.82, 2.24) is 0 Å². The van der Waals surface area contributed by atoms with E-state index in [1.54, 1.807) is 6.92 Å². The number of halogens is 1. The Labute approximate surface area is 80.1 Å². The Balaban J connectivity index is 3.50. The van der Waals surface area contributed by atoms with Gasteiger partial charge in [-0.2, -0.15) is 0 Å². The molecule has 70 valence electrons. The highest BCUT2D eigenvalue weighted by molar-refractivity contribution is 6.36. The molecule has 0 radical (unpaired) electrons. The number of hydrogen-bond donors (Lipinski definition) is 3. The van der Waals surface area contributed by atoms with Gasteiger partial charge in [0, 0.05) is 0 Å². The minimum Gasteiger partial charge on any atom is -0.478 e. The first-order valence-electron chi connectivity index (χ1n) is 3.52. The molecule has 0 amide bonds. The monoisotopic (exact) mass is 200 g/mol. The summed E-state index contributed by atoms with van der Waals surface area (Å²) < 4.78 is 0. The average molecular weight is 201 g/mol. The molecule has 13 heavy (non-hydrogen) atoms. The molecule has 0 unspecified atom stereocenters. The second-order valence-electron chi connectivity index (χ2n) is 2.67. The Hall–Kier alpha value is -1.42. The Morgan fingerprint density at radius 1 is 1.54 bits per heavy atom. The SMILES string of the molecule is Cc1c(C(=O)O)cc(N)c(Cl)c1N. The van der Waals surface area contributed by atoms with Crippen LogP contribution in [0, 0.1) is 6.92 Å². The number of carbonyl (C=O) groups is 1. The van der Waals surface area contributed by atoms with Crippen molar-refractivity contribution in [1.29, 1.82) is 0 Å². The first-order valence-corrected chi connectivity index (χ1v) is 3.90. The van der Waals surface area contributed by atoms with Crippen LogP contribution in [0.1, 0.15) is 15.9 Å². The second kappa shape index (κ2) is 3.14. The standard InChI is InChI=1S/C8H9ClN2O2/c1-3-4(8(12)13)2-5(10)6(9)7(3)11/h2H,10-11H2,1H3,(H,12,13). The molecule has 4 nitrogen and oxygen atoms in total. The van der Waals surface area contributed by atoms with E-state index < -0.39 is 5.97 Å². The van der Waals surface area contributed by atoms with Crippen LogP contribution in [-0.2, 0) is 0 Å². The predicted molar refractivity (Wildman–Crippen MR) is 52.0 cm³/mol. The predicted octanol–water partition coefficient (Wildman–Crippen LogP) is 1.51. The van der Waals surface area contributed by atoms with Gasteiger partial charge in [-0.3, -0.25) is 0 Å². The summed E-state index contributed by atoms with van der Waals surface area (Å²) in [6.45, 7) is 1.59. The van der Waals surface area contributed by atoms with Crippen molar-refractivity contribution in [2.45, 2.75) is 6.92 Å². The van der Waals surface area contributed by atoms with Crippen molar-refractivity contribution in [3.05, 3.63) is 22.2 Å². The molecule has 5 N–H and O–H groups in total. The van der Waals surface area contributed by atoms with Gasteiger partial charge in [-0.25, -0.2) is 4.79 Å². The molecule has 0 heterocycles. The summed E-state index contributed by atoms with van der Waals surface area (Å²) >= 11 is 5.72. The highest BCUT2D eigenvalue weighted by atomic mass is 35.5. The molecule has 0 aliphatic carbocycles. The molecule has 1 aromatic rings. The third kappa shape index (κ3) is 1.53. The molecule has 0 saturated carbocycles. The molecular weight excluding hydrogens is 192 g/mol. The number of carboxylic acid groups (broad SMARTS) is 1. The van der Waals surface area contributed by atoms with Gasteiger partial charge in [0.2, 0.25) is 0 Å². The van der Waals surface area contributed by atoms with E-state index >= 15 is 0 Å². The van der Waals surface area contributed by atoms with Crippen molar-refractivity contribution in [2.75, 3.05) is 11.5 Å². The number of aromatic carboxylic acids is 1. The van der Waals surface area contributed by atoms with Crippen LogP contribution in [0.4, 0.5) is 11.4 Å². The van der Waals surface area contributed by atoms with Gasteiger partial charge in [0.1, 0.15) is 0 Å². The zero-order valence-corrected chi connectivity index (χ0v) is 7.72. The lowest BCUT2D eigenvalue weighted by Gasteiger charge is -2.08. The number of hydrogen-bond acceptors (Lipinski definition) is 3. The summed E-state index contributed by atoms with van der Waals surface area (Å²) in [6.07, 6.45) is 0. The van der Waals surface area contributed by atoms with Crippen LogP contribution in [0.3, 0.4) is 0 Å². The number of nitrogen functional groups attached to an aromatic ring is 2. The maximum atomic E-state index is 10.7. The topological polar surface area (TPSA) is 89.3 Å². The minimum absolute atomic E-state index is 0.0828. The Bertz CT molecular complexity index is 377. The van der Waals surface area contributed by atoms with Gasteiger partial charge in [-0.15, -0.1) is 0 Å². The molecule has 5 heteroatoms. The fraction of sp³-hybridized carbons (Fsp3) is 0.125. The normalized spacial score (nSPS) is 10.0. The molecule has 0 atom stereocenters. The maximum absolute atomic E-state index is 10.7. The summed E-state index contributed by atoms with van der Waals surface area (Å²) in [5.74, 6) is -1.06. The van der Waals surface area contributed by atoms with Crippen LogP contribution in [0.25, 0.3) is 0 Å². The number of carboxylic acids is 1. The van der Waals surface area contributed by atoms with Gasteiger partial charge >= 0.3 is 5.97 Å². The van der Waals surface area contributed by atoms with Gasteiger partial charge in [0.15, 0.2) is 0 Å². The lowest BCUT2D eigenvalue weighted by Crippen LogP contribution is -2.05. The third-order valence-electron chi connectivity index (χ3n) is 1.83. The van der Waals surface area contributed by atoms with Crippen LogP contribution in [-0.4, -0.2) is 11.1 Å². The molecule has 1 aromatic carbocycles. The number of benzene rings is 1. The van der Waals surface area contributed by atoms with E-state index in [4.69, 9.17) is 28.2 Å². The summed E-state index contributed by atoms with van der Waals surface area (Å²) in [4.78, 5) is 10.7. The largest absolute Gasteiger partial charge is 0.478 e. The summed E-state index contributed by atoms with van der Waals surface area (Å²) in [7, 11) is 0. The maximum Gasteiger partial charge on any atom is 0.336 e. The van der Waals surface area contributed by atoms with E-state index in [9.17, 15) is 4.79 Å². The zero-order chi connectivity index (χ0) is 10.2.